The van der Waals surface area contributed by atoms with Gasteiger partial charge in [-0.3, -0.25) is 0 Å². The number of rotatable bonds is 5. The molecule has 1 heterocycles. The lowest BCUT2D eigenvalue weighted by atomic mass is 9.93. The van der Waals surface area contributed by atoms with Crippen molar-refractivity contribution < 1.29 is 0 Å². The van der Waals surface area contributed by atoms with Crippen LogP contribution in [0, 0.1) is 0 Å². The molecule has 0 aliphatic rings. The largest absolute Gasteiger partial charge is 0.309 e. The standard InChI is InChI=1S/C48H31NS/c1-2-11-35-30-36(21-20-32(35)10-1)33-22-26-38(27-23-33)49(46-18-9-17-44-43-16-7-8-19-47(43)50-48(44)46)39-28-24-34(25-29-39)45-31-37-12-3-4-13-40(37)41-14-5-6-15-42(41)45/h1-31H. The van der Waals surface area contributed by atoms with Gasteiger partial charge >= 0.3 is 0 Å². The Morgan fingerprint density at radius 3 is 1.70 bits per heavy atom. The molecule has 234 valence electrons. The fourth-order valence-corrected chi connectivity index (χ4v) is 8.80. The van der Waals surface area contributed by atoms with Crippen molar-refractivity contribution in [1.29, 1.82) is 0 Å². The number of thiophene rings is 1. The molecular weight excluding hydrogens is 623 g/mol. The van der Waals surface area contributed by atoms with Gasteiger partial charge < -0.3 is 4.90 Å². The molecule has 0 aliphatic heterocycles. The molecule has 0 saturated heterocycles. The summed E-state index contributed by atoms with van der Waals surface area (Å²) in [5.41, 5.74) is 8.33. The maximum atomic E-state index is 2.42. The maximum absolute atomic E-state index is 2.42. The second-order valence-corrected chi connectivity index (χ2v) is 14.0. The SMILES string of the molecule is c1ccc2cc(-c3ccc(N(c4ccc(-c5cc6ccccc6c6ccccc56)cc4)c4cccc5c4sc4ccccc45)cc3)ccc2c1. The first-order valence-electron chi connectivity index (χ1n) is 17.1. The highest BCUT2D eigenvalue weighted by atomic mass is 32.1. The van der Waals surface area contributed by atoms with Crippen LogP contribution in [0.3, 0.4) is 0 Å². The molecule has 9 aromatic carbocycles. The van der Waals surface area contributed by atoms with E-state index in [0.717, 1.165) is 11.4 Å². The Morgan fingerprint density at radius 2 is 0.920 bits per heavy atom. The first kappa shape index (κ1) is 28.8. The van der Waals surface area contributed by atoms with Crippen LogP contribution in [0.1, 0.15) is 0 Å². The van der Waals surface area contributed by atoms with Gasteiger partial charge in [0.15, 0.2) is 0 Å². The van der Waals surface area contributed by atoms with E-state index in [2.05, 4.69) is 193 Å². The predicted molar refractivity (Wildman–Crippen MR) is 217 cm³/mol. The van der Waals surface area contributed by atoms with Crippen molar-refractivity contribution in [3.05, 3.63) is 188 Å². The number of fused-ring (bicyclic) bond motifs is 7. The molecule has 0 amide bonds. The quantitative estimate of drug-likeness (QED) is 0.167. The van der Waals surface area contributed by atoms with Crippen LogP contribution < -0.4 is 4.90 Å². The molecule has 0 radical (unpaired) electrons. The Morgan fingerprint density at radius 1 is 0.340 bits per heavy atom. The Hall–Kier alpha value is -6.22. The van der Waals surface area contributed by atoms with Gasteiger partial charge in [0.25, 0.3) is 0 Å². The summed E-state index contributed by atoms with van der Waals surface area (Å²) in [6.45, 7) is 0. The van der Waals surface area contributed by atoms with Crippen LogP contribution in [0.25, 0.3) is 74.7 Å². The van der Waals surface area contributed by atoms with Crippen molar-refractivity contribution >= 4 is 80.9 Å². The van der Waals surface area contributed by atoms with E-state index in [-0.39, 0.29) is 0 Å². The van der Waals surface area contributed by atoms with Crippen LogP contribution in [0.15, 0.2) is 188 Å². The van der Waals surface area contributed by atoms with Gasteiger partial charge in [0.2, 0.25) is 0 Å². The van der Waals surface area contributed by atoms with Crippen molar-refractivity contribution in [2.75, 3.05) is 4.90 Å². The average molecular weight is 654 g/mol. The van der Waals surface area contributed by atoms with Crippen molar-refractivity contribution in [3.8, 4) is 22.3 Å². The monoisotopic (exact) mass is 653 g/mol. The molecule has 10 aromatic rings. The molecule has 50 heavy (non-hydrogen) atoms. The van der Waals surface area contributed by atoms with E-state index in [1.807, 2.05) is 11.3 Å². The van der Waals surface area contributed by atoms with Crippen LogP contribution in [-0.2, 0) is 0 Å². The molecule has 0 fully saturated rings. The third-order valence-electron chi connectivity index (χ3n) is 10.0. The third kappa shape index (κ3) is 4.76. The minimum atomic E-state index is 1.13. The molecule has 0 atom stereocenters. The van der Waals surface area contributed by atoms with Gasteiger partial charge in [-0.25, -0.2) is 0 Å². The molecule has 10 rings (SSSR count). The Kier molecular flexibility index (Phi) is 6.75. The summed E-state index contributed by atoms with van der Waals surface area (Å²) in [5, 5.41) is 10.2. The van der Waals surface area contributed by atoms with Gasteiger partial charge in [0, 0.05) is 26.8 Å². The van der Waals surface area contributed by atoms with E-state index in [1.54, 1.807) is 0 Å². The molecule has 0 unspecified atom stereocenters. The van der Waals surface area contributed by atoms with Gasteiger partial charge in [0.1, 0.15) is 0 Å². The van der Waals surface area contributed by atoms with E-state index in [9.17, 15) is 0 Å². The fourth-order valence-electron chi connectivity index (χ4n) is 7.59. The zero-order chi connectivity index (χ0) is 33.0. The van der Waals surface area contributed by atoms with Gasteiger partial charge in [0.05, 0.1) is 10.4 Å². The fraction of sp³-hybridized carbons (Fsp3) is 0. The van der Waals surface area contributed by atoms with E-state index in [1.165, 1.54) is 80.4 Å². The second-order valence-electron chi connectivity index (χ2n) is 12.9. The normalized spacial score (nSPS) is 11.6. The van der Waals surface area contributed by atoms with Crippen molar-refractivity contribution in [1.82, 2.24) is 0 Å². The van der Waals surface area contributed by atoms with Crippen molar-refractivity contribution in [2.24, 2.45) is 0 Å². The van der Waals surface area contributed by atoms with Crippen LogP contribution in [0.2, 0.25) is 0 Å². The minimum absolute atomic E-state index is 1.13. The smallest absolute Gasteiger partial charge is 0.0640 e. The third-order valence-corrected chi connectivity index (χ3v) is 11.2. The Labute approximate surface area is 294 Å². The number of benzene rings is 9. The molecule has 1 aromatic heterocycles. The summed E-state index contributed by atoms with van der Waals surface area (Å²) in [5.74, 6) is 0. The van der Waals surface area contributed by atoms with Crippen LogP contribution in [0.5, 0.6) is 0 Å². The molecular formula is C48H31NS. The van der Waals surface area contributed by atoms with E-state index in [0.29, 0.717) is 0 Å². The van der Waals surface area contributed by atoms with E-state index in [4.69, 9.17) is 0 Å². The molecule has 2 heteroatoms. The minimum Gasteiger partial charge on any atom is -0.309 e. The van der Waals surface area contributed by atoms with Crippen LogP contribution in [0.4, 0.5) is 17.1 Å². The summed E-state index contributed by atoms with van der Waals surface area (Å²) in [6.07, 6.45) is 0. The highest BCUT2D eigenvalue weighted by Crippen LogP contribution is 2.45. The van der Waals surface area contributed by atoms with Gasteiger partial charge in [-0.05, 0) is 103 Å². The average Bonchev–Trinajstić information content (AvgIpc) is 3.58. The summed E-state index contributed by atoms with van der Waals surface area (Å²) < 4.78 is 2.59. The summed E-state index contributed by atoms with van der Waals surface area (Å²) in [4.78, 5) is 2.42. The molecule has 0 N–H and O–H groups in total. The van der Waals surface area contributed by atoms with Gasteiger partial charge in [-0.2, -0.15) is 0 Å². The molecule has 0 spiro atoms. The predicted octanol–water partition coefficient (Wildman–Crippen LogP) is 14.3. The maximum Gasteiger partial charge on any atom is 0.0640 e. The molecule has 0 aliphatic carbocycles. The summed E-state index contributed by atoms with van der Waals surface area (Å²) in [6, 6.07) is 68.7. The summed E-state index contributed by atoms with van der Waals surface area (Å²) in [7, 11) is 0. The first-order chi connectivity index (χ1) is 24.8. The lowest BCUT2D eigenvalue weighted by Gasteiger charge is -2.26. The second kappa shape index (κ2) is 11.7. The van der Waals surface area contributed by atoms with Gasteiger partial charge in [-0.15, -0.1) is 11.3 Å². The first-order valence-corrected chi connectivity index (χ1v) is 17.9. The number of hydrogen-bond donors (Lipinski definition) is 0. The van der Waals surface area contributed by atoms with Crippen LogP contribution in [-0.4, -0.2) is 0 Å². The lowest BCUT2D eigenvalue weighted by Crippen LogP contribution is -2.10. The number of nitrogens with zero attached hydrogens (tertiary/aromatic N) is 1. The summed E-state index contributed by atoms with van der Waals surface area (Å²) >= 11 is 1.87. The highest BCUT2D eigenvalue weighted by Gasteiger charge is 2.19. The Bertz CT molecular complexity index is 2860. The molecule has 0 saturated carbocycles. The Balaban J connectivity index is 1.12. The van der Waals surface area contributed by atoms with Gasteiger partial charge in [-0.1, -0.05) is 140 Å². The zero-order valence-corrected chi connectivity index (χ0v) is 28.1. The highest BCUT2D eigenvalue weighted by molar-refractivity contribution is 7.26. The lowest BCUT2D eigenvalue weighted by molar-refractivity contribution is 1.30. The van der Waals surface area contributed by atoms with Crippen molar-refractivity contribution in [3.63, 3.8) is 0 Å². The van der Waals surface area contributed by atoms with E-state index >= 15 is 0 Å². The van der Waals surface area contributed by atoms with Crippen LogP contribution >= 0.6 is 11.3 Å². The van der Waals surface area contributed by atoms with E-state index < -0.39 is 0 Å². The topological polar surface area (TPSA) is 3.24 Å². The molecule has 1 nitrogen and oxygen atoms in total. The number of anilines is 3. The molecule has 0 bridgehead atoms. The van der Waals surface area contributed by atoms with Crippen molar-refractivity contribution in [2.45, 2.75) is 0 Å². The number of hydrogen-bond acceptors (Lipinski definition) is 2. The zero-order valence-electron chi connectivity index (χ0n) is 27.3.